The maximum atomic E-state index is 12.6. The number of carbonyl (C=O) groups is 2. The van der Waals surface area contributed by atoms with Crippen LogP contribution in [0, 0.1) is 0 Å². The van der Waals surface area contributed by atoms with Gasteiger partial charge in [-0.3, -0.25) is 19.2 Å². The highest BCUT2D eigenvalue weighted by Gasteiger charge is 2.16. The van der Waals surface area contributed by atoms with E-state index in [0.29, 0.717) is 35.8 Å². The molecule has 272 valence electrons. The summed E-state index contributed by atoms with van der Waals surface area (Å²) < 4.78 is 14.1. The molecule has 0 saturated carbocycles. The largest absolute Gasteiger partial charge is 0.489 e. The molecule has 10 nitrogen and oxygen atoms in total. The fraction of sp³-hybridized carbons (Fsp3) is 0.182. The zero-order chi connectivity index (χ0) is 37.3. The summed E-state index contributed by atoms with van der Waals surface area (Å²) in [5, 5.41) is 6.52. The van der Waals surface area contributed by atoms with Gasteiger partial charge in [-0.15, -0.1) is 0 Å². The van der Waals surface area contributed by atoms with E-state index in [9.17, 15) is 19.2 Å². The molecule has 2 aromatic heterocycles. The Labute approximate surface area is 312 Å². The number of fused-ring (bicyclic) bond motifs is 2. The van der Waals surface area contributed by atoms with E-state index >= 15 is 0 Å². The topological polar surface area (TPSA) is 121 Å². The quantitative estimate of drug-likeness (QED) is 0.152. The molecule has 4 aromatic carbocycles. The summed E-state index contributed by atoms with van der Waals surface area (Å²) in [7, 11) is 0. The summed E-state index contributed by atoms with van der Waals surface area (Å²) >= 11 is 0. The number of rotatable bonds is 12. The number of hydrogen-bond donors (Lipinski definition) is 2. The lowest BCUT2D eigenvalue weighted by atomic mass is 10.0. The van der Waals surface area contributed by atoms with E-state index in [1.165, 1.54) is 32.4 Å². The number of pyridine rings is 2. The molecule has 2 aliphatic heterocycles. The Morgan fingerprint density at radius 2 is 0.907 bits per heavy atom. The van der Waals surface area contributed by atoms with Crippen LogP contribution in [-0.2, 0) is 52.5 Å². The predicted molar refractivity (Wildman–Crippen MR) is 206 cm³/mol. The van der Waals surface area contributed by atoms with Crippen molar-refractivity contribution in [2.24, 2.45) is 0 Å². The Hall–Kier alpha value is -6.36. The number of hydrogen-bond acceptors (Lipinski definition) is 8. The number of nitrogens with zero attached hydrogens (tertiary/aromatic N) is 2. The van der Waals surface area contributed by atoms with Gasteiger partial charge < -0.3 is 29.2 Å². The number of ether oxygens (including phenoxy) is 2. The van der Waals surface area contributed by atoms with Crippen LogP contribution < -0.4 is 31.2 Å². The summed E-state index contributed by atoms with van der Waals surface area (Å²) in [5.41, 5.74) is 7.57. The minimum Gasteiger partial charge on any atom is -0.489 e. The van der Waals surface area contributed by atoms with Gasteiger partial charge >= 0.3 is 0 Å². The van der Waals surface area contributed by atoms with Crippen LogP contribution in [0.5, 0.6) is 11.5 Å². The lowest BCUT2D eigenvalue weighted by molar-refractivity contribution is 0.0962. The average Bonchev–Trinajstić information content (AvgIpc) is 3.88. The van der Waals surface area contributed by atoms with Crippen LogP contribution in [0.4, 0.5) is 0 Å². The van der Waals surface area contributed by atoms with E-state index in [1.807, 2.05) is 97.1 Å². The Morgan fingerprint density at radius 3 is 1.31 bits per heavy atom. The molecule has 0 bridgehead atoms. The maximum absolute atomic E-state index is 12.6. The SMILES string of the molecule is O=C(Cn1ccc(OCc2ccccc2)cc1=O)c1ccc2c(c1)CNC2.O=C(Cn1ccc(OCc2ccccc2)cc1=O)c1ccc2c(c1)CNC2. The molecule has 0 fully saturated rings. The first-order valence-corrected chi connectivity index (χ1v) is 17.8. The maximum Gasteiger partial charge on any atom is 0.254 e. The van der Waals surface area contributed by atoms with Crippen LogP contribution >= 0.6 is 0 Å². The molecular weight excluding hydrogens is 681 g/mol. The van der Waals surface area contributed by atoms with E-state index in [0.717, 1.165) is 48.4 Å². The highest BCUT2D eigenvalue weighted by Crippen LogP contribution is 2.19. The number of carbonyl (C=O) groups excluding carboxylic acids is 2. The monoisotopic (exact) mass is 720 g/mol. The first-order chi connectivity index (χ1) is 26.4. The van der Waals surface area contributed by atoms with Crippen molar-refractivity contribution >= 4 is 11.6 Å². The molecule has 0 radical (unpaired) electrons. The van der Waals surface area contributed by atoms with E-state index in [2.05, 4.69) is 10.6 Å². The predicted octanol–water partition coefficient (Wildman–Crippen LogP) is 5.83. The third-order valence-electron chi connectivity index (χ3n) is 9.38. The van der Waals surface area contributed by atoms with E-state index < -0.39 is 0 Å². The van der Waals surface area contributed by atoms with Crippen LogP contribution in [0.2, 0.25) is 0 Å². The van der Waals surface area contributed by atoms with Crippen LogP contribution in [0.1, 0.15) is 54.1 Å². The van der Waals surface area contributed by atoms with E-state index in [4.69, 9.17) is 9.47 Å². The van der Waals surface area contributed by atoms with Gasteiger partial charge in [0.05, 0.1) is 13.1 Å². The Balaban J connectivity index is 0.000000167. The summed E-state index contributed by atoms with van der Waals surface area (Å²) in [5.74, 6) is 0.835. The summed E-state index contributed by atoms with van der Waals surface area (Å²) in [6.45, 7) is 4.07. The van der Waals surface area contributed by atoms with Crippen molar-refractivity contribution in [3.05, 3.63) is 199 Å². The van der Waals surface area contributed by atoms with Crippen molar-refractivity contribution in [1.82, 2.24) is 19.8 Å². The van der Waals surface area contributed by atoms with Crippen molar-refractivity contribution in [2.45, 2.75) is 52.5 Å². The highest BCUT2D eigenvalue weighted by molar-refractivity contribution is 5.96. The Kier molecular flexibility index (Phi) is 11.3. The first-order valence-electron chi connectivity index (χ1n) is 17.8. The van der Waals surface area contributed by atoms with Crippen LogP contribution in [0.15, 0.2) is 143 Å². The third-order valence-corrected chi connectivity index (χ3v) is 9.38. The number of benzene rings is 4. The van der Waals surface area contributed by atoms with E-state index in [1.54, 1.807) is 24.5 Å². The summed E-state index contributed by atoms with van der Waals surface area (Å²) in [6, 6.07) is 37.2. The fourth-order valence-electron chi connectivity index (χ4n) is 6.33. The van der Waals surface area contributed by atoms with Crippen molar-refractivity contribution in [3.63, 3.8) is 0 Å². The van der Waals surface area contributed by atoms with Crippen molar-refractivity contribution < 1.29 is 19.1 Å². The lowest BCUT2D eigenvalue weighted by Gasteiger charge is -2.09. The second kappa shape index (κ2) is 17.0. The van der Waals surface area contributed by atoms with Crippen LogP contribution in [-0.4, -0.2) is 20.7 Å². The van der Waals surface area contributed by atoms with Gasteiger partial charge in [-0.05, 0) is 57.6 Å². The fourth-order valence-corrected chi connectivity index (χ4v) is 6.33. The minimum atomic E-state index is -0.253. The second-order valence-electron chi connectivity index (χ2n) is 13.2. The van der Waals surface area contributed by atoms with Crippen molar-refractivity contribution in [3.8, 4) is 11.5 Å². The minimum absolute atomic E-state index is 0.0179. The molecule has 0 unspecified atom stereocenters. The number of ketones is 2. The molecule has 54 heavy (non-hydrogen) atoms. The highest BCUT2D eigenvalue weighted by atomic mass is 16.5. The number of aromatic nitrogens is 2. The summed E-state index contributed by atoms with van der Waals surface area (Å²) in [6.07, 6.45) is 3.21. The molecule has 0 spiro atoms. The van der Waals surface area contributed by atoms with Gasteiger partial charge in [-0.2, -0.15) is 0 Å². The van der Waals surface area contributed by atoms with Crippen molar-refractivity contribution in [1.29, 1.82) is 0 Å². The third kappa shape index (κ3) is 9.16. The molecule has 2 aliphatic rings. The van der Waals surface area contributed by atoms with Gasteiger partial charge in [0, 0.05) is 61.8 Å². The molecular formula is C44H40N4O6. The number of Topliss-reactive ketones (excluding diaryl/α,β-unsaturated/α-hetero) is 2. The molecule has 0 saturated heterocycles. The molecule has 0 aliphatic carbocycles. The lowest BCUT2D eigenvalue weighted by Crippen LogP contribution is -2.23. The first kappa shape index (κ1) is 36.0. The standard InChI is InChI=1S/2C22H20N2O3/c2*25-21(17-6-7-18-12-23-13-19(18)10-17)14-24-9-8-20(11-22(24)26)27-15-16-4-2-1-3-5-16/h2*1-11,23H,12-15H2. The normalized spacial score (nSPS) is 12.6. The van der Waals surface area contributed by atoms with E-state index in [-0.39, 0.29) is 35.8 Å². The van der Waals surface area contributed by atoms with Crippen LogP contribution in [0.25, 0.3) is 0 Å². The molecule has 2 N–H and O–H groups in total. The van der Waals surface area contributed by atoms with Gasteiger partial charge in [-0.25, -0.2) is 0 Å². The molecule has 0 amide bonds. The van der Waals surface area contributed by atoms with Gasteiger partial charge in [0.25, 0.3) is 11.1 Å². The van der Waals surface area contributed by atoms with Gasteiger partial charge in [0.2, 0.25) is 0 Å². The molecule has 4 heterocycles. The average molecular weight is 721 g/mol. The zero-order valence-electron chi connectivity index (χ0n) is 29.7. The van der Waals surface area contributed by atoms with Gasteiger partial charge in [0.1, 0.15) is 24.7 Å². The van der Waals surface area contributed by atoms with Gasteiger partial charge in [0.15, 0.2) is 11.6 Å². The molecule has 10 heteroatoms. The molecule has 8 rings (SSSR count). The molecule has 0 atom stereocenters. The Morgan fingerprint density at radius 1 is 0.500 bits per heavy atom. The van der Waals surface area contributed by atoms with Crippen molar-refractivity contribution in [2.75, 3.05) is 0 Å². The zero-order valence-corrected chi connectivity index (χ0v) is 29.7. The summed E-state index contributed by atoms with van der Waals surface area (Å²) in [4.78, 5) is 49.8. The Bertz CT molecular complexity index is 2220. The van der Waals surface area contributed by atoms with Gasteiger partial charge in [-0.1, -0.05) is 84.9 Å². The second-order valence-corrected chi connectivity index (χ2v) is 13.2. The van der Waals surface area contributed by atoms with Crippen LogP contribution in [0.3, 0.4) is 0 Å². The number of nitrogens with one attached hydrogen (secondary N) is 2. The smallest absolute Gasteiger partial charge is 0.254 e. The molecule has 6 aromatic rings.